The molecule has 0 atom stereocenters. The number of carbonyl (C=O) groups excluding carboxylic acids is 1. The Bertz CT molecular complexity index is 746. The zero-order valence-electron chi connectivity index (χ0n) is 13.4. The van der Waals surface area contributed by atoms with Crippen molar-refractivity contribution in [3.8, 4) is 0 Å². The number of sulfone groups is 1. The number of aliphatic imine (C=N–C) groups is 1. The minimum Gasteiger partial charge on any atom is -0.370 e. The lowest BCUT2D eigenvalue weighted by molar-refractivity contribution is 0.100. The van der Waals surface area contributed by atoms with Crippen molar-refractivity contribution in [2.45, 2.75) is 31.1 Å². The first-order chi connectivity index (χ1) is 10.7. The minimum atomic E-state index is -3.49. The average Bonchev–Trinajstić information content (AvgIpc) is 2.45. The van der Waals surface area contributed by atoms with Crippen molar-refractivity contribution in [3.05, 3.63) is 23.3 Å². The van der Waals surface area contributed by atoms with Gasteiger partial charge in [0.25, 0.3) is 5.91 Å². The van der Waals surface area contributed by atoms with E-state index in [0.717, 1.165) is 38.6 Å². The summed E-state index contributed by atoms with van der Waals surface area (Å²) in [7, 11) is -3.49. The number of piperidine rings is 1. The summed E-state index contributed by atoms with van der Waals surface area (Å²) in [5.74, 6) is -0.993. The number of anilines is 1. The molecule has 126 valence electrons. The predicted molar refractivity (Wildman–Crippen MR) is 90.5 cm³/mol. The Hall–Kier alpha value is -2.09. The zero-order valence-corrected chi connectivity index (χ0v) is 14.2. The highest BCUT2D eigenvalue weighted by atomic mass is 32.2. The van der Waals surface area contributed by atoms with E-state index in [1.54, 1.807) is 13.0 Å². The van der Waals surface area contributed by atoms with E-state index in [9.17, 15) is 13.2 Å². The molecule has 0 spiro atoms. The lowest BCUT2D eigenvalue weighted by atomic mass is 10.0. The number of nitrogens with zero attached hydrogens (tertiary/aromatic N) is 2. The molecule has 1 aromatic rings. The second kappa shape index (κ2) is 6.57. The van der Waals surface area contributed by atoms with Crippen LogP contribution in [0.25, 0.3) is 0 Å². The largest absolute Gasteiger partial charge is 0.370 e. The Morgan fingerprint density at radius 1 is 1.17 bits per heavy atom. The molecule has 1 aromatic carbocycles. The maximum atomic E-state index is 12.2. The molecule has 1 fully saturated rings. The van der Waals surface area contributed by atoms with Crippen LogP contribution in [0.1, 0.15) is 35.2 Å². The number of rotatable bonds is 3. The third kappa shape index (κ3) is 4.01. The Morgan fingerprint density at radius 3 is 2.30 bits per heavy atom. The molecule has 1 heterocycles. The van der Waals surface area contributed by atoms with E-state index in [1.165, 1.54) is 6.07 Å². The summed E-state index contributed by atoms with van der Waals surface area (Å²) in [5, 5.41) is 0. The molecular formula is C15H22N4O3S. The molecule has 0 unspecified atom stereocenters. The third-order valence-corrected chi connectivity index (χ3v) is 4.99. The quantitative estimate of drug-likeness (QED) is 0.621. The molecule has 1 aliphatic rings. The highest BCUT2D eigenvalue weighted by molar-refractivity contribution is 7.90. The summed E-state index contributed by atoms with van der Waals surface area (Å²) in [6.45, 7) is 3.36. The second-order valence-corrected chi connectivity index (χ2v) is 7.78. The highest BCUT2D eigenvalue weighted by Gasteiger charge is 2.23. The van der Waals surface area contributed by atoms with E-state index in [4.69, 9.17) is 11.5 Å². The van der Waals surface area contributed by atoms with E-state index in [-0.39, 0.29) is 16.4 Å². The summed E-state index contributed by atoms with van der Waals surface area (Å²) < 4.78 is 24.4. The van der Waals surface area contributed by atoms with Crippen LogP contribution in [0.5, 0.6) is 0 Å². The van der Waals surface area contributed by atoms with Crippen molar-refractivity contribution in [1.82, 2.24) is 0 Å². The van der Waals surface area contributed by atoms with Gasteiger partial charge >= 0.3 is 0 Å². The van der Waals surface area contributed by atoms with E-state index in [0.29, 0.717) is 11.3 Å². The standard InChI is InChI=1S/C15H22N4O3S/c1-10-8-12(19-6-4-3-5-7-19)13(23(2,21)22)9-11(10)14(20)18-15(16)17/h8-9H,3-7H2,1-2H3,(H4,16,17,18,20). The fraction of sp³-hybridized carbons (Fsp3) is 0.467. The normalized spacial score (nSPS) is 15.3. The van der Waals surface area contributed by atoms with Gasteiger partial charge in [0.2, 0.25) is 0 Å². The van der Waals surface area contributed by atoms with Crippen LogP contribution in [-0.2, 0) is 9.84 Å². The monoisotopic (exact) mass is 338 g/mol. The van der Waals surface area contributed by atoms with E-state index in [2.05, 4.69) is 9.89 Å². The van der Waals surface area contributed by atoms with Crippen LogP contribution in [0, 0.1) is 6.92 Å². The molecule has 0 aliphatic carbocycles. The van der Waals surface area contributed by atoms with Crippen molar-refractivity contribution < 1.29 is 13.2 Å². The first kappa shape index (κ1) is 17.3. The van der Waals surface area contributed by atoms with Crippen molar-refractivity contribution in [2.75, 3.05) is 24.2 Å². The van der Waals surface area contributed by atoms with E-state index < -0.39 is 15.7 Å². The van der Waals surface area contributed by atoms with Crippen molar-refractivity contribution in [3.63, 3.8) is 0 Å². The average molecular weight is 338 g/mol. The molecule has 0 aromatic heterocycles. The summed E-state index contributed by atoms with van der Waals surface area (Å²) in [6.07, 6.45) is 4.33. The zero-order chi connectivity index (χ0) is 17.2. The van der Waals surface area contributed by atoms with Gasteiger partial charge in [-0.05, 0) is 43.9 Å². The molecular weight excluding hydrogens is 316 g/mol. The van der Waals surface area contributed by atoms with Gasteiger partial charge in [0, 0.05) is 24.9 Å². The number of benzene rings is 1. The van der Waals surface area contributed by atoms with Crippen molar-refractivity contribution >= 4 is 27.4 Å². The van der Waals surface area contributed by atoms with Crippen molar-refractivity contribution in [2.24, 2.45) is 16.5 Å². The molecule has 0 radical (unpaired) electrons. The van der Waals surface area contributed by atoms with Crippen LogP contribution in [0.15, 0.2) is 22.0 Å². The molecule has 1 saturated heterocycles. The lowest BCUT2D eigenvalue weighted by Gasteiger charge is -2.30. The number of hydrogen-bond acceptors (Lipinski definition) is 4. The van der Waals surface area contributed by atoms with Crippen LogP contribution < -0.4 is 16.4 Å². The number of guanidine groups is 1. The van der Waals surface area contributed by atoms with Gasteiger partial charge in [0.15, 0.2) is 15.8 Å². The molecule has 0 saturated carbocycles. The lowest BCUT2D eigenvalue weighted by Crippen LogP contribution is -2.31. The fourth-order valence-corrected chi connectivity index (χ4v) is 3.66. The van der Waals surface area contributed by atoms with Gasteiger partial charge in [-0.3, -0.25) is 4.79 Å². The Morgan fingerprint density at radius 2 is 1.78 bits per heavy atom. The molecule has 23 heavy (non-hydrogen) atoms. The molecule has 2 rings (SSSR count). The van der Waals surface area contributed by atoms with Gasteiger partial charge in [0.05, 0.1) is 10.6 Å². The predicted octanol–water partition coefficient (Wildman–Crippen LogP) is 0.802. The smallest absolute Gasteiger partial charge is 0.280 e. The fourth-order valence-electron chi connectivity index (χ4n) is 2.76. The number of carbonyl (C=O) groups is 1. The molecule has 1 amide bonds. The number of aryl methyl sites for hydroxylation is 1. The molecule has 7 nitrogen and oxygen atoms in total. The second-order valence-electron chi connectivity index (χ2n) is 5.80. The van der Waals surface area contributed by atoms with Crippen molar-refractivity contribution in [1.29, 1.82) is 0 Å². The van der Waals surface area contributed by atoms with Crippen LogP contribution in [-0.4, -0.2) is 39.6 Å². The molecule has 8 heteroatoms. The Labute approximate surface area is 136 Å². The van der Waals surface area contributed by atoms with Crippen LogP contribution in [0.3, 0.4) is 0 Å². The van der Waals surface area contributed by atoms with Gasteiger partial charge in [0.1, 0.15) is 0 Å². The SMILES string of the molecule is Cc1cc(N2CCCCC2)c(S(C)(=O)=O)cc1C(=O)N=C(N)N. The molecule has 4 N–H and O–H groups in total. The maximum absolute atomic E-state index is 12.2. The maximum Gasteiger partial charge on any atom is 0.280 e. The number of hydrogen-bond donors (Lipinski definition) is 2. The first-order valence-corrected chi connectivity index (χ1v) is 9.33. The number of amides is 1. The first-order valence-electron chi connectivity index (χ1n) is 7.44. The Balaban J connectivity index is 2.58. The van der Waals surface area contributed by atoms with E-state index in [1.807, 2.05) is 0 Å². The highest BCUT2D eigenvalue weighted by Crippen LogP contribution is 2.31. The van der Waals surface area contributed by atoms with Crippen LogP contribution in [0.2, 0.25) is 0 Å². The third-order valence-electron chi connectivity index (χ3n) is 3.86. The number of nitrogens with two attached hydrogens (primary N) is 2. The summed E-state index contributed by atoms with van der Waals surface area (Å²) in [5.41, 5.74) is 11.9. The van der Waals surface area contributed by atoms with Crippen LogP contribution >= 0.6 is 0 Å². The van der Waals surface area contributed by atoms with Crippen LogP contribution in [0.4, 0.5) is 5.69 Å². The summed E-state index contributed by atoms with van der Waals surface area (Å²) in [6, 6.07) is 3.11. The summed E-state index contributed by atoms with van der Waals surface area (Å²) >= 11 is 0. The molecule has 1 aliphatic heterocycles. The van der Waals surface area contributed by atoms with Gasteiger partial charge in [-0.15, -0.1) is 0 Å². The van der Waals surface area contributed by atoms with Gasteiger partial charge in [-0.1, -0.05) is 0 Å². The van der Waals surface area contributed by atoms with Gasteiger partial charge < -0.3 is 16.4 Å². The van der Waals surface area contributed by atoms with E-state index >= 15 is 0 Å². The van der Waals surface area contributed by atoms with Gasteiger partial charge in [-0.25, -0.2) is 8.42 Å². The minimum absolute atomic E-state index is 0.138. The Kier molecular flexibility index (Phi) is 4.93. The molecule has 0 bridgehead atoms. The summed E-state index contributed by atoms with van der Waals surface area (Å²) in [4.78, 5) is 17.8. The van der Waals surface area contributed by atoms with Gasteiger partial charge in [-0.2, -0.15) is 4.99 Å². The topological polar surface area (TPSA) is 119 Å².